The molecule has 5 rings (SSSR count). The van der Waals surface area contributed by atoms with Crippen molar-refractivity contribution in [3.63, 3.8) is 0 Å². The molecule has 0 bridgehead atoms. The van der Waals surface area contributed by atoms with Crippen LogP contribution in [-0.2, 0) is 0 Å². The van der Waals surface area contributed by atoms with Gasteiger partial charge in [0.25, 0.3) is 0 Å². The molecule has 4 aromatic rings. The Kier molecular flexibility index (Phi) is 6.10. The maximum Gasteiger partial charge on any atom is 0.234 e. The third kappa shape index (κ3) is 4.07. The molecule has 1 aliphatic rings. The van der Waals surface area contributed by atoms with Crippen LogP contribution in [0.1, 0.15) is 22.6 Å². The number of allylic oxidation sites excluding steroid dienone is 1. The van der Waals surface area contributed by atoms with Crippen molar-refractivity contribution in [2.24, 2.45) is 4.99 Å². The summed E-state index contributed by atoms with van der Waals surface area (Å²) in [6, 6.07) is 27.5. The highest BCUT2D eigenvalue weighted by atomic mass is 79.9. The molecule has 0 aliphatic carbocycles. The second-order valence-electron chi connectivity index (χ2n) is 7.77. The molecule has 166 valence electrons. The van der Waals surface area contributed by atoms with Crippen LogP contribution < -0.4 is 9.47 Å². The summed E-state index contributed by atoms with van der Waals surface area (Å²) in [5, 5.41) is 12.6. The smallest absolute Gasteiger partial charge is 0.234 e. The van der Waals surface area contributed by atoms with Crippen LogP contribution in [-0.4, -0.2) is 13.3 Å². The molecular formula is C28H18BrClN2O2. The lowest BCUT2D eigenvalue weighted by Gasteiger charge is -2.28. The Morgan fingerprint density at radius 1 is 1.03 bits per heavy atom. The quantitative estimate of drug-likeness (QED) is 0.255. The molecule has 0 spiro atoms. The SMILES string of the molecule is COc1ccc(/C=N/C2=C(C#N)C(c3ccc(Br)cc3)c3cc(Cl)c4ccccc4c3O2)cc1. The fourth-order valence-electron chi connectivity index (χ4n) is 4.12. The predicted molar refractivity (Wildman–Crippen MR) is 139 cm³/mol. The Morgan fingerprint density at radius 3 is 2.41 bits per heavy atom. The molecule has 1 heterocycles. The lowest BCUT2D eigenvalue weighted by atomic mass is 9.82. The minimum Gasteiger partial charge on any atom is -0.497 e. The molecule has 34 heavy (non-hydrogen) atoms. The van der Waals surface area contributed by atoms with Crippen LogP contribution in [0.5, 0.6) is 11.5 Å². The minimum absolute atomic E-state index is 0.270. The van der Waals surface area contributed by atoms with Crippen molar-refractivity contribution in [3.8, 4) is 17.6 Å². The molecular weight excluding hydrogens is 512 g/mol. The normalized spacial score (nSPS) is 15.2. The van der Waals surface area contributed by atoms with E-state index in [0.29, 0.717) is 16.3 Å². The minimum atomic E-state index is -0.369. The number of nitriles is 1. The number of rotatable bonds is 4. The highest BCUT2D eigenvalue weighted by Gasteiger charge is 2.33. The largest absolute Gasteiger partial charge is 0.497 e. The van der Waals surface area contributed by atoms with Gasteiger partial charge >= 0.3 is 0 Å². The number of hydrogen-bond donors (Lipinski definition) is 0. The first-order valence-corrected chi connectivity index (χ1v) is 11.7. The van der Waals surface area contributed by atoms with Crippen LogP contribution >= 0.6 is 27.5 Å². The summed E-state index contributed by atoms with van der Waals surface area (Å²) >= 11 is 10.2. The fourth-order valence-corrected chi connectivity index (χ4v) is 4.66. The number of nitrogens with zero attached hydrogens (tertiary/aromatic N) is 2. The Balaban J connectivity index is 1.70. The van der Waals surface area contributed by atoms with Crippen LogP contribution in [0.4, 0.5) is 0 Å². The summed E-state index contributed by atoms with van der Waals surface area (Å²) in [5.74, 6) is 1.32. The van der Waals surface area contributed by atoms with Gasteiger partial charge in [0.15, 0.2) is 0 Å². The summed E-state index contributed by atoms with van der Waals surface area (Å²) in [6.45, 7) is 0. The third-order valence-corrected chi connectivity index (χ3v) is 6.61. The molecule has 0 fully saturated rings. The van der Waals surface area contributed by atoms with E-state index in [4.69, 9.17) is 21.1 Å². The Labute approximate surface area is 210 Å². The lowest BCUT2D eigenvalue weighted by Crippen LogP contribution is -2.16. The van der Waals surface area contributed by atoms with Gasteiger partial charge in [-0.2, -0.15) is 5.26 Å². The standard InChI is InChI=1S/C28H18BrClN2O2/c1-33-20-12-6-17(7-13-20)16-32-28-24(15-31)26(18-8-10-19(29)11-9-18)23-14-25(30)21-4-2-3-5-22(21)27(23)34-28/h2-14,16,26H,1H3/b32-16+. The van der Waals surface area contributed by atoms with Crippen LogP contribution in [0.2, 0.25) is 5.02 Å². The van der Waals surface area contributed by atoms with E-state index < -0.39 is 0 Å². The number of ether oxygens (including phenoxy) is 2. The first-order chi connectivity index (χ1) is 16.6. The highest BCUT2D eigenvalue weighted by molar-refractivity contribution is 9.10. The van der Waals surface area contributed by atoms with Gasteiger partial charge in [-0.05, 0) is 53.6 Å². The summed E-state index contributed by atoms with van der Waals surface area (Å²) in [7, 11) is 1.62. The van der Waals surface area contributed by atoms with Gasteiger partial charge < -0.3 is 9.47 Å². The molecule has 4 nitrogen and oxygen atoms in total. The van der Waals surface area contributed by atoms with Gasteiger partial charge in [-0.25, -0.2) is 4.99 Å². The molecule has 1 unspecified atom stereocenters. The van der Waals surface area contributed by atoms with Gasteiger partial charge in [0, 0.05) is 32.0 Å². The molecule has 1 atom stereocenters. The zero-order valence-corrected chi connectivity index (χ0v) is 20.5. The Hall–Kier alpha value is -3.59. The summed E-state index contributed by atoms with van der Waals surface area (Å²) in [4.78, 5) is 4.61. The van der Waals surface area contributed by atoms with E-state index in [-0.39, 0.29) is 11.8 Å². The summed E-state index contributed by atoms with van der Waals surface area (Å²) < 4.78 is 12.5. The van der Waals surface area contributed by atoms with Crippen molar-refractivity contribution < 1.29 is 9.47 Å². The molecule has 0 aromatic heterocycles. The Bertz CT molecular complexity index is 1490. The lowest BCUT2D eigenvalue weighted by molar-refractivity contribution is 0.400. The topological polar surface area (TPSA) is 54.6 Å². The molecule has 4 aromatic carbocycles. The van der Waals surface area contributed by atoms with Crippen LogP contribution in [0.15, 0.2) is 99.8 Å². The van der Waals surface area contributed by atoms with Crippen molar-refractivity contribution >= 4 is 44.5 Å². The van der Waals surface area contributed by atoms with E-state index >= 15 is 0 Å². The van der Waals surface area contributed by atoms with E-state index in [1.54, 1.807) is 13.3 Å². The summed E-state index contributed by atoms with van der Waals surface area (Å²) in [5.41, 5.74) is 3.07. The molecule has 0 saturated heterocycles. The molecule has 1 aliphatic heterocycles. The third-order valence-electron chi connectivity index (χ3n) is 5.77. The van der Waals surface area contributed by atoms with E-state index in [9.17, 15) is 5.26 Å². The van der Waals surface area contributed by atoms with Gasteiger partial charge in [-0.15, -0.1) is 0 Å². The van der Waals surface area contributed by atoms with Crippen molar-refractivity contribution in [1.29, 1.82) is 5.26 Å². The second-order valence-corrected chi connectivity index (χ2v) is 9.09. The maximum absolute atomic E-state index is 10.2. The first kappa shape index (κ1) is 22.2. The van der Waals surface area contributed by atoms with E-state index in [1.165, 1.54) is 0 Å². The maximum atomic E-state index is 10.2. The molecule has 0 saturated carbocycles. The zero-order valence-electron chi connectivity index (χ0n) is 18.1. The van der Waals surface area contributed by atoms with Gasteiger partial charge in [0.1, 0.15) is 23.1 Å². The molecule has 6 heteroatoms. The monoisotopic (exact) mass is 528 g/mol. The van der Waals surface area contributed by atoms with Gasteiger partial charge in [0.05, 0.1) is 13.0 Å². The van der Waals surface area contributed by atoms with Gasteiger partial charge in [-0.3, -0.25) is 0 Å². The number of aliphatic imine (C=N–C) groups is 1. The zero-order chi connectivity index (χ0) is 23.7. The average Bonchev–Trinajstić information content (AvgIpc) is 2.88. The average molecular weight is 530 g/mol. The van der Waals surface area contributed by atoms with Crippen LogP contribution in [0.25, 0.3) is 10.8 Å². The van der Waals surface area contributed by atoms with Gasteiger partial charge in [-0.1, -0.05) is 63.9 Å². The van der Waals surface area contributed by atoms with Crippen LogP contribution in [0.3, 0.4) is 0 Å². The Morgan fingerprint density at radius 2 is 1.74 bits per heavy atom. The fraction of sp³-hybridized carbons (Fsp3) is 0.0714. The van der Waals surface area contributed by atoms with Crippen molar-refractivity contribution in [2.45, 2.75) is 5.92 Å². The van der Waals surface area contributed by atoms with E-state index in [1.807, 2.05) is 78.9 Å². The number of fused-ring (bicyclic) bond motifs is 3. The number of hydrogen-bond acceptors (Lipinski definition) is 4. The predicted octanol–water partition coefficient (Wildman–Crippen LogP) is 7.64. The molecule has 0 amide bonds. The van der Waals surface area contributed by atoms with Gasteiger partial charge in [0.2, 0.25) is 5.88 Å². The number of methoxy groups -OCH3 is 1. The number of halogens is 2. The van der Waals surface area contributed by atoms with E-state index in [2.05, 4.69) is 27.0 Å². The second kappa shape index (κ2) is 9.34. The van der Waals surface area contributed by atoms with Crippen molar-refractivity contribution in [3.05, 3.63) is 117 Å². The molecule has 0 N–H and O–H groups in total. The summed E-state index contributed by atoms with van der Waals surface area (Å²) in [6.07, 6.45) is 1.69. The number of benzene rings is 4. The highest BCUT2D eigenvalue weighted by Crippen LogP contribution is 2.48. The van der Waals surface area contributed by atoms with E-state index in [0.717, 1.165) is 37.7 Å². The van der Waals surface area contributed by atoms with Crippen molar-refractivity contribution in [2.75, 3.05) is 7.11 Å². The van der Waals surface area contributed by atoms with Crippen LogP contribution in [0, 0.1) is 11.3 Å². The molecule has 0 radical (unpaired) electrons. The first-order valence-electron chi connectivity index (χ1n) is 10.6. The van der Waals surface area contributed by atoms with Crippen molar-refractivity contribution in [1.82, 2.24) is 0 Å².